The summed E-state index contributed by atoms with van der Waals surface area (Å²) in [4.78, 5) is 6.69. The average molecular weight is 532 g/mol. The zero-order valence-corrected chi connectivity index (χ0v) is 20.7. The summed E-state index contributed by atoms with van der Waals surface area (Å²) >= 11 is 0.431. The molecule has 0 spiro atoms. The summed E-state index contributed by atoms with van der Waals surface area (Å²) in [5.74, 6) is 0.288. The van der Waals surface area contributed by atoms with E-state index >= 15 is 0 Å². The summed E-state index contributed by atoms with van der Waals surface area (Å²) in [6, 6.07) is 20.9. The molecule has 1 aliphatic carbocycles. The Labute approximate surface area is 190 Å². The van der Waals surface area contributed by atoms with Gasteiger partial charge in [0.25, 0.3) is 0 Å². The summed E-state index contributed by atoms with van der Waals surface area (Å²) in [5, 5.41) is 9.45. The van der Waals surface area contributed by atoms with Crippen molar-refractivity contribution in [3.8, 4) is 0 Å². The Morgan fingerprint density at radius 2 is 1.67 bits per heavy atom. The quantitative estimate of drug-likeness (QED) is 0.194. The second-order valence-electron chi connectivity index (χ2n) is 8.09. The Bertz CT molecular complexity index is 927. The Morgan fingerprint density at radius 1 is 1.03 bits per heavy atom. The van der Waals surface area contributed by atoms with Crippen molar-refractivity contribution in [2.45, 2.75) is 54.3 Å². The number of benzene rings is 2. The van der Waals surface area contributed by atoms with Crippen molar-refractivity contribution >= 4 is 38.8 Å². The van der Waals surface area contributed by atoms with Crippen LogP contribution in [0.15, 0.2) is 70.9 Å². The van der Waals surface area contributed by atoms with E-state index in [-0.39, 0.29) is 46.2 Å². The number of hydrogen-bond acceptors (Lipinski definition) is 2. The van der Waals surface area contributed by atoms with Crippen LogP contribution in [0.4, 0.5) is 0 Å². The van der Waals surface area contributed by atoms with E-state index in [4.69, 9.17) is 0 Å². The van der Waals surface area contributed by atoms with Gasteiger partial charge >= 0.3 is 191 Å². The first kappa shape index (κ1) is 22.8. The van der Waals surface area contributed by atoms with E-state index in [1.54, 1.807) is 0 Å². The third-order valence-electron chi connectivity index (χ3n) is 5.91. The van der Waals surface area contributed by atoms with Gasteiger partial charge in [0.05, 0.1) is 0 Å². The molecule has 2 aromatic rings. The van der Waals surface area contributed by atoms with Crippen LogP contribution in [-0.4, -0.2) is 41.0 Å². The van der Waals surface area contributed by atoms with Crippen molar-refractivity contribution in [3.63, 3.8) is 0 Å². The summed E-state index contributed by atoms with van der Waals surface area (Å²) in [6.07, 6.45) is 2.66. The second kappa shape index (κ2) is 10.4. The molecule has 6 nitrogen and oxygen atoms in total. The van der Waals surface area contributed by atoms with Gasteiger partial charge in [0.15, 0.2) is 0 Å². The first-order valence-corrected chi connectivity index (χ1v) is 13.9. The number of azide groups is 2. The first-order chi connectivity index (χ1) is 14.5. The Hall–Kier alpha value is -1.90. The zero-order valence-electron chi connectivity index (χ0n) is 17.3. The number of hydrogen-bond donors (Lipinski definition) is 0. The fourth-order valence-corrected chi connectivity index (χ4v) is 9.18. The van der Waals surface area contributed by atoms with Gasteiger partial charge in [0.2, 0.25) is 0 Å². The number of rotatable bonds is 8. The van der Waals surface area contributed by atoms with Gasteiger partial charge in [-0.25, -0.2) is 0 Å². The van der Waals surface area contributed by atoms with Crippen LogP contribution in [0.25, 0.3) is 20.9 Å². The van der Waals surface area contributed by atoms with Gasteiger partial charge in [0, 0.05) is 0 Å². The first-order valence-electron chi connectivity index (χ1n) is 10.0. The van der Waals surface area contributed by atoms with Gasteiger partial charge < -0.3 is 0 Å². The third kappa shape index (κ3) is 5.62. The van der Waals surface area contributed by atoms with Crippen LogP contribution in [0.2, 0.25) is 10.1 Å². The van der Waals surface area contributed by atoms with Crippen molar-refractivity contribution in [2.24, 2.45) is 16.1 Å². The molecular weight excluding hydrogens is 506 g/mol. The maximum atomic E-state index is 9.32. The topological polar surface area (TPSA) is 97.5 Å². The number of nitrogens with zero attached hydrogens (tertiary/aromatic N) is 6. The van der Waals surface area contributed by atoms with Crippen LogP contribution >= 0.6 is 0 Å². The van der Waals surface area contributed by atoms with Crippen LogP contribution in [0.5, 0.6) is 0 Å². The predicted molar refractivity (Wildman–Crippen MR) is 125 cm³/mol. The summed E-state index contributed by atoms with van der Waals surface area (Å²) in [6.45, 7) is 4.21. The van der Waals surface area contributed by atoms with Gasteiger partial charge in [-0.3, -0.25) is 0 Å². The Morgan fingerprint density at radius 3 is 2.27 bits per heavy atom. The fourth-order valence-electron chi connectivity index (χ4n) is 3.95. The van der Waals surface area contributed by atoms with Gasteiger partial charge in [-0.2, -0.15) is 0 Å². The molecule has 0 aromatic heterocycles. The summed E-state index contributed by atoms with van der Waals surface area (Å²) in [5.41, 5.74) is 17.7. The second-order valence-corrected chi connectivity index (χ2v) is 13.0. The molecular formula is C22H26N6Se2. The van der Waals surface area contributed by atoms with E-state index in [0.29, 0.717) is 0 Å². The minimum atomic E-state index is -0.423. The van der Waals surface area contributed by atoms with Crippen molar-refractivity contribution in [3.05, 3.63) is 81.5 Å². The molecule has 4 atom stereocenters. The van der Waals surface area contributed by atoms with E-state index < -0.39 is 5.54 Å². The molecule has 0 radical (unpaired) electrons. The third-order valence-corrected chi connectivity index (χ3v) is 11.9. The van der Waals surface area contributed by atoms with Crippen molar-refractivity contribution < 1.29 is 0 Å². The van der Waals surface area contributed by atoms with Crippen LogP contribution in [0.3, 0.4) is 0 Å². The zero-order chi connectivity index (χ0) is 21.5. The fraction of sp³-hybridized carbons (Fsp3) is 0.455. The maximum absolute atomic E-state index is 9.32. The molecule has 0 heterocycles. The van der Waals surface area contributed by atoms with Gasteiger partial charge in [-0.15, -0.1) is 0 Å². The van der Waals surface area contributed by atoms with Gasteiger partial charge in [-0.1, -0.05) is 0 Å². The molecule has 2 aromatic carbocycles. The Balaban J connectivity index is 1.82. The van der Waals surface area contributed by atoms with Crippen molar-refractivity contribution in [1.82, 2.24) is 0 Å². The van der Waals surface area contributed by atoms with E-state index in [1.165, 1.54) is 8.92 Å². The van der Waals surface area contributed by atoms with Gasteiger partial charge in [0.1, 0.15) is 0 Å². The SMILES string of the molecule is C[C@](C[Se]c1ccccc1)(N=[N+]=[N-])[C@@H]1CC[C@](C)(N=[N+]=[N-])[C@@H]([Se]c2ccccc2)C1. The molecule has 1 fully saturated rings. The van der Waals surface area contributed by atoms with E-state index in [1.807, 2.05) is 12.1 Å². The van der Waals surface area contributed by atoms with E-state index in [0.717, 1.165) is 24.6 Å². The summed E-state index contributed by atoms with van der Waals surface area (Å²) in [7, 11) is 0. The molecule has 30 heavy (non-hydrogen) atoms. The molecule has 1 saturated carbocycles. The molecule has 0 amide bonds. The molecule has 0 unspecified atom stereocenters. The molecule has 0 saturated heterocycles. The molecule has 3 rings (SSSR count). The monoisotopic (exact) mass is 534 g/mol. The normalized spacial score (nSPS) is 25.4. The van der Waals surface area contributed by atoms with Crippen molar-refractivity contribution in [2.75, 3.05) is 0 Å². The predicted octanol–water partition coefficient (Wildman–Crippen LogP) is 5.19. The molecule has 0 aliphatic heterocycles. The van der Waals surface area contributed by atoms with Crippen LogP contribution < -0.4 is 8.92 Å². The molecule has 0 N–H and O–H groups in total. The van der Waals surface area contributed by atoms with E-state index in [9.17, 15) is 11.1 Å². The standard InChI is InChI=1S/C22H26N6Se2/c1-21(25-27-23)14-13-17(15-20(21)30-19-11-7-4-8-12-19)22(2,26-28-24)16-29-18-9-5-3-6-10-18/h3-12,17,20H,13-16H2,1-2H3/t17-,20+,21+,22-/m1/s1. The molecule has 156 valence electrons. The van der Waals surface area contributed by atoms with Crippen molar-refractivity contribution in [1.29, 1.82) is 0 Å². The average Bonchev–Trinajstić information content (AvgIpc) is 2.76. The molecule has 0 bridgehead atoms. The molecule has 1 aliphatic rings. The Kier molecular flexibility index (Phi) is 7.91. The summed E-state index contributed by atoms with van der Waals surface area (Å²) < 4.78 is 2.64. The minimum absolute atomic E-state index is 0.185. The molecule has 8 heteroatoms. The van der Waals surface area contributed by atoms with Crippen LogP contribution in [-0.2, 0) is 0 Å². The van der Waals surface area contributed by atoms with Crippen LogP contribution in [0, 0.1) is 5.92 Å². The van der Waals surface area contributed by atoms with Gasteiger partial charge in [-0.05, 0) is 0 Å². The van der Waals surface area contributed by atoms with Crippen LogP contribution in [0.1, 0.15) is 33.1 Å². The van der Waals surface area contributed by atoms with E-state index in [2.05, 4.69) is 82.4 Å².